The maximum Gasteiger partial charge on any atom is 0.233 e. The molecule has 0 bridgehead atoms. The first-order valence-corrected chi connectivity index (χ1v) is 10.6. The van der Waals surface area contributed by atoms with Crippen LogP contribution in [0.5, 0.6) is 0 Å². The number of carbonyl (C=O) groups excluding carboxylic acids is 1. The predicted molar refractivity (Wildman–Crippen MR) is 110 cm³/mol. The maximum atomic E-state index is 14.5. The van der Waals surface area contributed by atoms with E-state index in [-0.39, 0.29) is 11.6 Å². The quantitative estimate of drug-likeness (QED) is 0.315. The molecule has 2 aliphatic rings. The third kappa shape index (κ3) is 3.37. The summed E-state index contributed by atoms with van der Waals surface area (Å²) in [7, 11) is 0. The number of aryl methyl sites for hydroxylation is 3. The van der Waals surface area contributed by atoms with Gasteiger partial charge in [-0.2, -0.15) is 0 Å². The van der Waals surface area contributed by atoms with Crippen LogP contribution < -0.4 is 4.90 Å². The lowest BCUT2D eigenvalue weighted by Gasteiger charge is -2.31. The lowest BCUT2D eigenvalue weighted by Crippen LogP contribution is -2.39. The Morgan fingerprint density at radius 1 is 0.939 bits per heavy atom. The molecule has 9 heteroatoms. The summed E-state index contributed by atoms with van der Waals surface area (Å²) in [6.07, 6.45) is 1.47. The molecule has 170 valence electrons. The molecule has 1 aromatic heterocycles. The Bertz CT molecular complexity index is 1320. The zero-order chi connectivity index (χ0) is 23.4. The van der Waals surface area contributed by atoms with Crippen molar-refractivity contribution in [3.8, 4) is 11.3 Å². The first-order chi connectivity index (χ1) is 15.8. The van der Waals surface area contributed by atoms with Crippen molar-refractivity contribution in [2.45, 2.75) is 45.6 Å². The molecule has 0 saturated heterocycles. The second-order valence-electron chi connectivity index (χ2n) is 8.21. The summed E-state index contributed by atoms with van der Waals surface area (Å²) >= 11 is 0. The fourth-order valence-corrected chi connectivity index (χ4v) is 4.52. The number of anilines is 1. The summed E-state index contributed by atoms with van der Waals surface area (Å²) in [4.78, 5) is 23.4. The topological polar surface area (TPSA) is 46.1 Å². The van der Waals surface area contributed by atoms with Crippen LogP contribution in [0.15, 0.2) is 18.2 Å². The van der Waals surface area contributed by atoms with Gasteiger partial charge in [0.25, 0.3) is 0 Å². The van der Waals surface area contributed by atoms with Gasteiger partial charge < -0.3 is 0 Å². The first-order valence-electron chi connectivity index (χ1n) is 10.6. The fraction of sp³-hybridized carbons (Fsp3) is 0.292. The van der Waals surface area contributed by atoms with Gasteiger partial charge in [0.1, 0.15) is 5.82 Å². The van der Waals surface area contributed by atoms with Crippen molar-refractivity contribution in [2.75, 3.05) is 4.90 Å². The molecule has 3 aromatic rings. The molecule has 0 unspecified atom stereocenters. The lowest BCUT2D eigenvalue weighted by atomic mass is 9.91. The molecule has 2 heterocycles. The van der Waals surface area contributed by atoms with Crippen LogP contribution in [0.1, 0.15) is 41.4 Å². The van der Waals surface area contributed by atoms with Gasteiger partial charge in [-0.3, -0.25) is 9.69 Å². The van der Waals surface area contributed by atoms with Gasteiger partial charge in [-0.25, -0.2) is 31.9 Å². The largest absolute Gasteiger partial charge is 0.290 e. The van der Waals surface area contributed by atoms with E-state index in [1.54, 1.807) is 6.07 Å². The van der Waals surface area contributed by atoms with E-state index < -0.39 is 53.3 Å². The number of fused-ring (bicyclic) bond motifs is 4. The van der Waals surface area contributed by atoms with E-state index in [4.69, 9.17) is 4.98 Å². The maximum absolute atomic E-state index is 14.5. The highest BCUT2D eigenvalue weighted by atomic mass is 19.2. The molecule has 4 nitrogen and oxygen atoms in total. The molecule has 2 aromatic carbocycles. The average molecular weight is 459 g/mol. The van der Waals surface area contributed by atoms with Gasteiger partial charge in [0.05, 0.1) is 30.0 Å². The van der Waals surface area contributed by atoms with E-state index in [0.717, 1.165) is 16.0 Å². The van der Waals surface area contributed by atoms with Crippen molar-refractivity contribution < 1.29 is 26.7 Å². The average Bonchev–Trinajstić information content (AvgIpc) is 2.81. The monoisotopic (exact) mass is 459 g/mol. The smallest absolute Gasteiger partial charge is 0.233 e. The number of rotatable bonds is 3. The van der Waals surface area contributed by atoms with Gasteiger partial charge >= 0.3 is 0 Å². The van der Waals surface area contributed by atoms with Crippen molar-refractivity contribution in [1.29, 1.82) is 0 Å². The normalized spacial score (nSPS) is 14.7. The number of carbonyl (C=O) groups is 1. The Labute approximate surface area is 186 Å². The van der Waals surface area contributed by atoms with Crippen LogP contribution in [0.2, 0.25) is 0 Å². The number of hydrogen-bond donors (Lipinski definition) is 0. The minimum atomic E-state index is -1.93. The second kappa shape index (κ2) is 7.90. The van der Waals surface area contributed by atoms with Crippen molar-refractivity contribution in [3.63, 3.8) is 0 Å². The summed E-state index contributed by atoms with van der Waals surface area (Å²) in [5, 5.41) is 0. The van der Waals surface area contributed by atoms with E-state index in [0.29, 0.717) is 42.8 Å². The zero-order valence-electron chi connectivity index (χ0n) is 17.6. The minimum Gasteiger partial charge on any atom is -0.290 e. The predicted octanol–water partition coefficient (Wildman–Crippen LogP) is 4.98. The van der Waals surface area contributed by atoms with E-state index in [1.807, 2.05) is 6.92 Å². The Kier molecular flexibility index (Phi) is 5.14. The molecule has 1 aliphatic heterocycles. The van der Waals surface area contributed by atoms with Crippen LogP contribution in [-0.2, 0) is 37.0 Å². The van der Waals surface area contributed by atoms with E-state index in [9.17, 15) is 26.7 Å². The summed E-state index contributed by atoms with van der Waals surface area (Å²) in [6.45, 7) is 1.43. The molecule has 1 amide bonds. The number of aromatic nitrogens is 2. The summed E-state index contributed by atoms with van der Waals surface area (Å²) in [5.74, 6) is -7.66. The lowest BCUT2D eigenvalue weighted by molar-refractivity contribution is -0.118. The molecule has 0 spiro atoms. The molecule has 1 aliphatic carbocycles. The third-order valence-electron chi connectivity index (χ3n) is 6.13. The molecule has 0 saturated carbocycles. The van der Waals surface area contributed by atoms with Crippen molar-refractivity contribution in [1.82, 2.24) is 9.97 Å². The molecule has 0 atom stereocenters. The van der Waals surface area contributed by atoms with Gasteiger partial charge in [-0.15, -0.1) is 0 Å². The second-order valence-corrected chi connectivity index (χ2v) is 8.21. The molecule has 5 rings (SSSR count). The Morgan fingerprint density at radius 2 is 1.67 bits per heavy atom. The summed E-state index contributed by atoms with van der Waals surface area (Å²) in [5.41, 5.74) is 2.34. The Morgan fingerprint density at radius 3 is 2.39 bits per heavy atom. The summed E-state index contributed by atoms with van der Waals surface area (Å²) < 4.78 is 69.9. The highest BCUT2D eigenvalue weighted by molar-refractivity contribution is 5.96. The molecular weight excluding hydrogens is 441 g/mol. The van der Waals surface area contributed by atoms with E-state index in [2.05, 4.69) is 4.98 Å². The van der Waals surface area contributed by atoms with Crippen LogP contribution in [0.4, 0.5) is 27.8 Å². The first kappa shape index (κ1) is 21.5. The molecule has 0 N–H and O–H groups in total. The Hall–Kier alpha value is -3.36. The van der Waals surface area contributed by atoms with Crippen molar-refractivity contribution >= 4 is 11.7 Å². The number of nitrogens with zero attached hydrogens (tertiary/aromatic N) is 3. The Balaban J connectivity index is 1.63. The van der Waals surface area contributed by atoms with Crippen molar-refractivity contribution in [3.05, 3.63) is 75.4 Å². The SMILES string of the molecule is CCCc1nc2c(nc1N1Cc3c(F)c(F)c(F)c(F)c3CC1=O)CCc1cc(F)ccc1-2. The van der Waals surface area contributed by atoms with Crippen LogP contribution in [0.25, 0.3) is 11.3 Å². The number of halogens is 5. The van der Waals surface area contributed by atoms with Gasteiger partial charge in [-0.05, 0) is 43.0 Å². The van der Waals surface area contributed by atoms with Gasteiger partial charge in [-0.1, -0.05) is 13.3 Å². The molecule has 0 fully saturated rings. The third-order valence-corrected chi connectivity index (χ3v) is 6.13. The summed E-state index contributed by atoms with van der Waals surface area (Å²) in [6, 6.07) is 4.45. The highest BCUT2D eigenvalue weighted by Gasteiger charge is 2.35. The van der Waals surface area contributed by atoms with Crippen molar-refractivity contribution in [2.24, 2.45) is 0 Å². The molecule has 0 radical (unpaired) electrons. The molecule has 33 heavy (non-hydrogen) atoms. The van der Waals surface area contributed by atoms with Gasteiger partial charge in [0, 0.05) is 16.7 Å². The van der Waals surface area contributed by atoms with Crippen LogP contribution in [-0.4, -0.2) is 15.9 Å². The fourth-order valence-electron chi connectivity index (χ4n) is 4.52. The van der Waals surface area contributed by atoms with Crippen LogP contribution in [0.3, 0.4) is 0 Å². The standard InChI is InChI=1S/C24H18F5N3O/c1-2-3-17-24(31-16-7-4-11-8-12(25)5-6-13(11)23(16)30-17)32-10-15-14(9-18(32)33)19(26)21(28)22(29)20(15)27/h5-6,8H,2-4,7,9-10H2,1H3. The van der Waals surface area contributed by atoms with Gasteiger partial charge in [0.2, 0.25) is 5.91 Å². The van der Waals surface area contributed by atoms with E-state index in [1.165, 1.54) is 12.1 Å². The number of benzene rings is 2. The number of amides is 1. The van der Waals surface area contributed by atoms with Crippen LogP contribution >= 0.6 is 0 Å². The zero-order valence-corrected chi connectivity index (χ0v) is 17.6. The number of hydrogen-bond acceptors (Lipinski definition) is 3. The van der Waals surface area contributed by atoms with Gasteiger partial charge in [0.15, 0.2) is 29.1 Å². The minimum absolute atomic E-state index is 0.196. The van der Waals surface area contributed by atoms with Crippen LogP contribution in [0, 0.1) is 29.1 Å². The molecular formula is C24H18F5N3O. The highest BCUT2D eigenvalue weighted by Crippen LogP contribution is 2.37. The van der Waals surface area contributed by atoms with E-state index >= 15 is 0 Å².